The molecule has 0 bridgehead atoms. The van der Waals surface area contributed by atoms with Crippen molar-refractivity contribution in [1.29, 1.82) is 0 Å². The topological polar surface area (TPSA) is 0 Å². The average molecular weight is 789 g/mol. The quantitative estimate of drug-likeness (QED) is 0.0929. The molecule has 0 radical (unpaired) electrons. The van der Waals surface area contributed by atoms with E-state index < -0.39 is 0 Å². The third-order valence-corrected chi connectivity index (χ3v) is 14.7. The second kappa shape index (κ2) is 16.5. The van der Waals surface area contributed by atoms with Crippen molar-refractivity contribution < 1.29 is 0 Å². The fourth-order valence-corrected chi connectivity index (χ4v) is 11.2. The highest BCUT2D eigenvalue weighted by Crippen LogP contribution is 2.45. The normalized spacial score (nSPS) is 11.5. The van der Waals surface area contributed by atoms with Gasteiger partial charge in [-0.1, -0.05) is 182 Å². The molecule has 9 aromatic rings. The van der Waals surface area contributed by atoms with Crippen molar-refractivity contribution >= 4 is 50.7 Å². The van der Waals surface area contributed by atoms with Gasteiger partial charge in [0.05, 0.1) is 4.21 Å². The van der Waals surface area contributed by atoms with Crippen LogP contribution in [-0.2, 0) is 0 Å². The molecule has 6 aromatic carbocycles. The fraction of sp³-hybridized carbons (Fsp3) is 0. The molecule has 9 rings (SSSR count). The molecule has 0 N–H and O–H groups in total. The Morgan fingerprint density at radius 2 is 0.679 bits per heavy atom. The minimum atomic E-state index is 1.19. The molecule has 0 fully saturated rings. The number of benzene rings is 6. The van der Waals surface area contributed by atoms with E-state index in [1.807, 2.05) is 40.1 Å². The van der Waals surface area contributed by atoms with E-state index >= 15 is 0 Å². The molecule has 0 spiro atoms. The molecule has 0 amide bonds. The maximum Gasteiger partial charge on any atom is 0.0653 e. The van der Waals surface area contributed by atoms with Gasteiger partial charge in [0.1, 0.15) is 0 Å². The molecule has 0 aliphatic heterocycles. The molecule has 4 heteroatoms. The maximum absolute atomic E-state index is 4.02. The molecule has 0 nitrogen and oxygen atoms in total. The maximum atomic E-state index is 4.02. The molecule has 0 saturated heterocycles. The highest BCUT2D eigenvalue weighted by atomic mass is 32.2. The lowest BCUT2D eigenvalue weighted by molar-refractivity contribution is 1.58. The van der Waals surface area contributed by atoms with Gasteiger partial charge in [0, 0.05) is 29.3 Å². The summed E-state index contributed by atoms with van der Waals surface area (Å²) >= 11 is 7.37. The van der Waals surface area contributed by atoms with E-state index in [0.717, 1.165) is 0 Å². The van der Waals surface area contributed by atoms with Crippen LogP contribution in [0.3, 0.4) is 0 Å². The Kier molecular flexibility index (Phi) is 10.6. The van der Waals surface area contributed by atoms with Crippen molar-refractivity contribution in [1.82, 2.24) is 0 Å². The summed E-state index contributed by atoms with van der Waals surface area (Å²) in [5, 5.41) is 0. The zero-order chi connectivity index (χ0) is 37.7. The Labute approximate surface area is 345 Å². The van der Waals surface area contributed by atoms with E-state index in [4.69, 9.17) is 0 Å². The minimum Gasteiger partial charge on any atom is -0.134 e. The number of hydrogen-bond donors (Lipinski definition) is 0. The lowest BCUT2D eigenvalue weighted by Crippen LogP contribution is -1.83. The van der Waals surface area contributed by atoms with Gasteiger partial charge < -0.3 is 0 Å². The second-order valence-electron chi connectivity index (χ2n) is 13.4. The smallest absolute Gasteiger partial charge is 0.0653 e. The van der Waals surface area contributed by atoms with Crippen LogP contribution >= 0.6 is 45.8 Å². The highest BCUT2D eigenvalue weighted by Gasteiger charge is 2.13. The van der Waals surface area contributed by atoms with Crippen molar-refractivity contribution in [2.45, 2.75) is 4.21 Å². The van der Waals surface area contributed by atoms with Crippen LogP contribution in [-0.4, -0.2) is 0 Å². The Bertz CT molecular complexity index is 2730. The van der Waals surface area contributed by atoms with E-state index in [9.17, 15) is 0 Å². The zero-order valence-corrected chi connectivity index (χ0v) is 33.7. The van der Waals surface area contributed by atoms with Crippen molar-refractivity contribution in [3.8, 4) is 74.5 Å². The van der Waals surface area contributed by atoms with Crippen LogP contribution in [0.5, 0.6) is 0 Å². The van der Waals surface area contributed by atoms with Gasteiger partial charge in [-0.05, 0) is 98.1 Å². The molecule has 3 heterocycles. The number of thioether (sulfide) groups is 1. The predicted molar refractivity (Wildman–Crippen MR) is 249 cm³/mol. The van der Waals surface area contributed by atoms with Crippen LogP contribution in [0.1, 0.15) is 5.56 Å². The van der Waals surface area contributed by atoms with Crippen LogP contribution in [0.15, 0.2) is 217 Å². The van der Waals surface area contributed by atoms with Crippen molar-refractivity contribution in [2.75, 3.05) is 0 Å². The summed E-state index contributed by atoms with van der Waals surface area (Å²) in [4.78, 5) is 7.66. The van der Waals surface area contributed by atoms with Crippen LogP contribution in [0.2, 0.25) is 0 Å². The molecule has 0 saturated carbocycles. The predicted octanol–water partition coefficient (Wildman–Crippen LogP) is 16.9. The monoisotopic (exact) mass is 788 g/mol. The van der Waals surface area contributed by atoms with Gasteiger partial charge in [-0.2, -0.15) is 0 Å². The Morgan fingerprint density at radius 1 is 0.339 bits per heavy atom. The average Bonchev–Trinajstić information content (AvgIpc) is 4.07. The Morgan fingerprint density at radius 3 is 1.12 bits per heavy atom. The summed E-state index contributed by atoms with van der Waals surface area (Å²) in [5.41, 5.74) is 12.3. The molecule has 0 atom stereocenters. The van der Waals surface area contributed by atoms with Gasteiger partial charge in [-0.25, -0.2) is 0 Å². The fourth-order valence-electron chi connectivity index (χ4n) is 6.77. The third kappa shape index (κ3) is 7.97. The summed E-state index contributed by atoms with van der Waals surface area (Å²) in [5.74, 6) is 0. The summed E-state index contributed by atoms with van der Waals surface area (Å²) in [7, 11) is 0. The first-order valence-electron chi connectivity index (χ1n) is 18.5. The third-order valence-electron chi connectivity index (χ3n) is 9.75. The number of hydrogen-bond acceptors (Lipinski definition) is 4. The number of allylic oxidation sites excluding steroid dienone is 2. The summed E-state index contributed by atoms with van der Waals surface area (Å²) in [6, 6.07) is 70.1. The first-order valence-corrected chi connectivity index (χ1v) is 21.8. The van der Waals surface area contributed by atoms with Crippen LogP contribution in [0, 0.1) is 0 Å². The SMILES string of the molecule is C=C/C=C(\Sc1ccc(-c2ccc(-c3ccc(-c4ccc(-c5ccc(-c6ccccc6)cc5)cc4)s3)s2)s1)c1ccc(-c2ccc(-c3ccccc3)cc2)cc1. The van der Waals surface area contributed by atoms with Gasteiger partial charge in [0.25, 0.3) is 0 Å². The molecule has 268 valence electrons. The lowest BCUT2D eigenvalue weighted by atomic mass is 9.99. The van der Waals surface area contributed by atoms with E-state index in [1.54, 1.807) is 11.8 Å². The molecule has 0 aliphatic rings. The Balaban J connectivity index is 0.849. The second-order valence-corrected chi connectivity index (χ2v) is 18.0. The van der Waals surface area contributed by atoms with E-state index in [0.29, 0.717) is 0 Å². The van der Waals surface area contributed by atoms with Crippen LogP contribution in [0.25, 0.3) is 79.4 Å². The van der Waals surface area contributed by atoms with Crippen molar-refractivity contribution in [3.05, 3.63) is 218 Å². The van der Waals surface area contributed by atoms with Gasteiger partial charge in [-0.15, -0.1) is 34.0 Å². The molecule has 56 heavy (non-hydrogen) atoms. The summed E-state index contributed by atoms with van der Waals surface area (Å²) < 4.78 is 1.26. The number of thiophene rings is 3. The summed E-state index contributed by atoms with van der Waals surface area (Å²) in [6.07, 6.45) is 4.00. The van der Waals surface area contributed by atoms with Crippen LogP contribution in [0.4, 0.5) is 0 Å². The van der Waals surface area contributed by atoms with Gasteiger partial charge in [0.15, 0.2) is 0 Å². The van der Waals surface area contributed by atoms with E-state index in [1.165, 1.54) is 89.1 Å². The molecular formula is C52H36S4. The molecule has 0 aliphatic carbocycles. The van der Waals surface area contributed by atoms with Crippen LogP contribution < -0.4 is 0 Å². The minimum absolute atomic E-state index is 1.19. The molecular weight excluding hydrogens is 753 g/mol. The van der Waals surface area contributed by atoms with Gasteiger partial charge in [-0.3, -0.25) is 0 Å². The molecule has 3 aromatic heterocycles. The standard InChI is InChI=1S/C52H36S4/c1-2-9-46(44-26-22-42(23-27-44)40-18-14-38(15-19-40)36-10-5-3-6-11-36)55-52-35-34-51(56-52)50-33-32-49(54-50)48-31-30-47(53-48)45-28-24-43(25-29-45)41-20-16-39(17-21-41)37-12-7-4-8-13-37/h2-35H,1H2/b46-9-. The highest BCUT2D eigenvalue weighted by molar-refractivity contribution is 8.09. The lowest BCUT2D eigenvalue weighted by Gasteiger charge is -2.09. The van der Waals surface area contributed by atoms with E-state index in [2.05, 4.69) is 207 Å². The van der Waals surface area contributed by atoms with Gasteiger partial charge in [0.2, 0.25) is 0 Å². The Hall–Kier alpha value is -5.75. The van der Waals surface area contributed by atoms with E-state index in [-0.39, 0.29) is 0 Å². The van der Waals surface area contributed by atoms with Crippen molar-refractivity contribution in [2.24, 2.45) is 0 Å². The molecule has 0 unspecified atom stereocenters. The first-order chi connectivity index (χ1) is 27.7. The zero-order valence-electron chi connectivity index (χ0n) is 30.5. The first kappa shape index (κ1) is 35.9. The number of rotatable bonds is 11. The van der Waals surface area contributed by atoms with Gasteiger partial charge >= 0.3 is 0 Å². The van der Waals surface area contributed by atoms with Crippen molar-refractivity contribution in [3.63, 3.8) is 0 Å². The summed E-state index contributed by atoms with van der Waals surface area (Å²) in [6.45, 7) is 4.02. The largest absolute Gasteiger partial charge is 0.134 e.